The topological polar surface area (TPSA) is 45.8 Å². The maximum absolute atomic E-state index is 13.7. The van der Waals surface area contributed by atoms with Gasteiger partial charge in [-0.1, -0.05) is 35.9 Å². The smallest absolute Gasteiger partial charge is 0.255 e. The third-order valence-electron chi connectivity index (χ3n) is 3.46. The first-order chi connectivity index (χ1) is 11.1. The third-order valence-corrected chi connectivity index (χ3v) is 3.79. The van der Waals surface area contributed by atoms with E-state index in [1.54, 1.807) is 30.3 Å². The van der Waals surface area contributed by atoms with Crippen molar-refractivity contribution in [3.05, 3.63) is 76.7 Å². The lowest BCUT2D eigenvalue weighted by Gasteiger charge is -2.01. The minimum absolute atomic E-state index is 0.152. The number of aromatic nitrogens is 1. The number of rotatable bonds is 2. The van der Waals surface area contributed by atoms with Crippen LogP contribution in [0.2, 0.25) is 5.02 Å². The zero-order chi connectivity index (χ0) is 16.4. The third kappa shape index (κ3) is 2.75. The molecule has 1 aromatic heterocycles. The minimum Gasteiger partial charge on any atom is -0.282 e. The van der Waals surface area contributed by atoms with Crippen molar-refractivity contribution in [1.29, 1.82) is 5.26 Å². The van der Waals surface area contributed by atoms with Crippen molar-refractivity contribution in [3.8, 4) is 6.07 Å². The number of carbonyl (C=O) groups is 1. The van der Waals surface area contributed by atoms with Gasteiger partial charge in [-0.25, -0.2) is 4.39 Å². The van der Waals surface area contributed by atoms with Gasteiger partial charge in [0.2, 0.25) is 0 Å². The van der Waals surface area contributed by atoms with Gasteiger partial charge in [-0.3, -0.25) is 9.36 Å². The van der Waals surface area contributed by atoms with Gasteiger partial charge in [-0.15, -0.1) is 0 Å². The van der Waals surface area contributed by atoms with Crippen LogP contribution in [0.4, 0.5) is 4.39 Å². The molecule has 0 radical (unpaired) electrons. The quantitative estimate of drug-likeness (QED) is 0.644. The molecular weight excluding hydrogens is 315 g/mol. The van der Waals surface area contributed by atoms with Crippen molar-refractivity contribution in [2.24, 2.45) is 0 Å². The van der Waals surface area contributed by atoms with Gasteiger partial charge in [0.1, 0.15) is 11.9 Å². The molecule has 1 heterocycles. The maximum Gasteiger partial charge on any atom is 0.255 e. The molecule has 0 aliphatic carbocycles. The van der Waals surface area contributed by atoms with Crippen LogP contribution in [-0.2, 0) is 0 Å². The predicted octanol–water partition coefficient (Wildman–Crippen LogP) is 4.66. The molecule has 0 N–H and O–H groups in total. The Balaban J connectivity index is 2.02. The number of benzene rings is 2. The van der Waals surface area contributed by atoms with E-state index in [0.29, 0.717) is 16.5 Å². The maximum atomic E-state index is 13.7. The average molecular weight is 325 g/mol. The van der Waals surface area contributed by atoms with Crippen molar-refractivity contribution < 1.29 is 9.18 Å². The first-order valence-corrected chi connectivity index (χ1v) is 7.16. The van der Waals surface area contributed by atoms with Crippen LogP contribution in [0, 0.1) is 17.1 Å². The van der Waals surface area contributed by atoms with Gasteiger partial charge in [-0.05, 0) is 24.3 Å². The molecular formula is C18H10ClFN2O. The summed E-state index contributed by atoms with van der Waals surface area (Å²) >= 11 is 5.93. The minimum atomic E-state index is -0.503. The Hall–Kier alpha value is -2.90. The lowest BCUT2D eigenvalue weighted by Crippen LogP contribution is -2.05. The van der Waals surface area contributed by atoms with E-state index >= 15 is 0 Å². The van der Waals surface area contributed by atoms with Crippen molar-refractivity contribution in [2.45, 2.75) is 0 Å². The summed E-state index contributed by atoms with van der Waals surface area (Å²) in [5.74, 6) is -0.890. The van der Waals surface area contributed by atoms with Crippen LogP contribution in [0.1, 0.15) is 15.9 Å². The second kappa shape index (κ2) is 6.07. The number of carbonyl (C=O) groups excluding carboxylic acids is 1. The summed E-state index contributed by atoms with van der Waals surface area (Å²) in [6.07, 6.45) is 4.04. The Kier molecular flexibility index (Phi) is 3.96. The van der Waals surface area contributed by atoms with Crippen LogP contribution in [0.15, 0.2) is 54.7 Å². The summed E-state index contributed by atoms with van der Waals surface area (Å²) in [7, 11) is 0. The highest BCUT2D eigenvalue weighted by atomic mass is 35.5. The summed E-state index contributed by atoms with van der Waals surface area (Å²) in [5.41, 5.74) is 1.18. The number of fused-ring (bicyclic) bond motifs is 1. The van der Waals surface area contributed by atoms with E-state index in [2.05, 4.69) is 6.07 Å². The molecule has 0 atom stereocenters. The van der Waals surface area contributed by atoms with E-state index in [0.717, 1.165) is 0 Å². The van der Waals surface area contributed by atoms with E-state index < -0.39 is 5.82 Å². The van der Waals surface area contributed by atoms with Crippen LogP contribution < -0.4 is 0 Å². The first kappa shape index (κ1) is 15.0. The highest BCUT2D eigenvalue weighted by Crippen LogP contribution is 2.22. The van der Waals surface area contributed by atoms with E-state index in [9.17, 15) is 9.18 Å². The molecule has 5 heteroatoms. The standard InChI is InChI=1S/C18H10ClFN2O/c19-15-5-3-6-16(20)14(15)8-9-18(23)22-11-12(10-21)13-4-1-2-7-17(13)22/h1-9,11H/b9-8+. The van der Waals surface area contributed by atoms with E-state index in [-0.39, 0.29) is 16.5 Å². The summed E-state index contributed by atoms with van der Waals surface area (Å²) in [6.45, 7) is 0. The Morgan fingerprint density at radius 3 is 2.74 bits per heavy atom. The van der Waals surface area contributed by atoms with E-state index in [1.165, 1.54) is 35.0 Å². The first-order valence-electron chi connectivity index (χ1n) is 6.78. The van der Waals surface area contributed by atoms with Gasteiger partial charge < -0.3 is 0 Å². The molecule has 0 saturated carbocycles. The normalized spacial score (nSPS) is 11.0. The highest BCUT2D eigenvalue weighted by Gasteiger charge is 2.11. The van der Waals surface area contributed by atoms with Crippen molar-refractivity contribution in [2.75, 3.05) is 0 Å². The van der Waals surface area contributed by atoms with Crippen LogP contribution in [0.5, 0.6) is 0 Å². The molecule has 3 aromatic rings. The van der Waals surface area contributed by atoms with Crippen LogP contribution in [0.25, 0.3) is 17.0 Å². The van der Waals surface area contributed by atoms with Gasteiger partial charge in [0.25, 0.3) is 5.91 Å². The van der Waals surface area contributed by atoms with Gasteiger partial charge in [0, 0.05) is 23.2 Å². The lowest BCUT2D eigenvalue weighted by atomic mass is 10.2. The fraction of sp³-hybridized carbons (Fsp3) is 0. The van der Waals surface area contributed by atoms with Crippen LogP contribution in [-0.4, -0.2) is 10.5 Å². The lowest BCUT2D eigenvalue weighted by molar-refractivity contribution is 0.0974. The van der Waals surface area contributed by atoms with Crippen LogP contribution in [0.3, 0.4) is 0 Å². The molecule has 3 nitrogen and oxygen atoms in total. The predicted molar refractivity (Wildman–Crippen MR) is 87.7 cm³/mol. The molecule has 0 unspecified atom stereocenters. The zero-order valence-electron chi connectivity index (χ0n) is 11.8. The number of allylic oxidation sites excluding steroid dienone is 1. The molecule has 23 heavy (non-hydrogen) atoms. The van der Waals surface area contributed by atoms with Gasteiger partial charge >= 0.3 is 0 Å². The number of nitriles is 1. The monoisotopic (exact) mass is 324 g/mol. The summed E-state index contributed by atoms with van der Waals surface area (Å²) in [6, 6.07) is 13.5. The largest absolute Gasteiger partial charge is 0.282 e. The van der Waals surface area contributed by atoms with E-state index in [4.69, 9.17) is 16.9 Å². The molecule has 0 aliphatic heterocycles. The summed E-state index contributed by atoms with van der Waals surface area (Å²) < 4.78 is 15.1. The average Bonchev–Trinajstić information content (AvgIpc) is 2.93. The molecule has 3 rings (SSSR count). The molecule has 2 aromatic carbocycles. The second-order valence-electron chi connectivity index (χ2n) is 4.85. The highest BCUT2D eigenvalue weighted by molar-refractivity contribution is 6.32. The fourth-order valence-electron chi connectivity index (χ4n) is 2.36. The number of hydrogen-bond donors (Lipinski definition) is 0. The molecule has 0 spiro atoms. The second-order valence-corrected chi connectivity index (χ2v) is 5.26. The number of nitrogens with zero attached hydrogens (tertiary/aromatic N) is 2. The van der Waals surface area contributed by atoms with Crippen molar-refractivity contribution in [3.63, 3.8) is 0 Å². The SMILES string of the molecule is N#Cc1cn(C(=O)/C=C/c2c(F)cccc2Cl)c2ccccc12. The van der Waals surface area contributed by atoms with Gasteiger partial charge in [0.05, 0.1) is 16.1 Å². The molecule has 112 valence electrons. The van der Waals surface area contributed by atoms with Crippen molar-refractivity contribution in [1.82, 2.24) is 4.57 Å². The molecule has 0 saturated heterocycles. The number of hydrogen-bond acceptors (Lipinski definition) is 2. The van der Waals surface area contributed by atoms with Gasteiger partial charge in [-0.2, -0.15) is 5.26 Å². The molecule has 0 aliphatic rings. The van der Waals surface area contributed by atoms with E-state index in [1.807, 2.05) is 0 Å². The molecule has 0 bridgehead atoms. The molecule has 0 amide bonds. The Bertz CT molecular complexity index is 962. The summed E-state index contributed by atoms with van der Waals surface area (Å²) in [5, 5.41) is 10.1. The zero-order valence-corrected chi connectivity index (χ0v) is 12.6. The summed E-state index contributed by atoms with van der Waals surface area (Å²) in [4.78, 5) is 12.4. The Morgan fingerprint density at radius 1 is 1.22 bits per heavy atom. The van der Waals surface area contributed by atoms with Gasteiger partial charge in [0.15, 0.2) is 0 Å². The fourth-order valence-corrected chi connectivity index (χ4v) is 2.58. The Labute approximate surface area is 136 Å². The number of halogens is 2. The Morgan fingerprint density at radius 2 is 2.00 bits per heavy atom. The van der Waals surface area contributed by atoms with Crippen LogP contribution >= 0.6 is 11.6 Å². The number of para-hydroxylation sites is 1. The van der Waals surface area contributed by atoms with Crippen molar-refractivity contribution >= 4 is 34.5 Å². The molecule has 0 fully saturated rings.